The number of benzene rings is 1. The summed E-state index contributed by atoms with van der Waals surface area (Å²) in [6.45, 7) is 3.10. The maximum atomic E-state index is 13.0. The molecule has 1 aromatic carbocycles. The second kappa shape index (κ2) is 8.14. The molecule has 1 atom stereocenters. The zero-order chi connectivity index (χ0) is 18.5. The van der Waals surface area contributed by atoms with Crippen molar-refractivity contribution >= 4 is 11.9 Å². The molecule has 7 heteroatoms. The van der Waals surface area contributed by atoms with Gasteiger partial charge in [0.15, 0.2) is 0 Å². The highest BCUT2D eigenvalue weighted by Crippen LogP contribution is 2.21. The molecule has 138 valence electrons. The van der Waals surface area contributed by atoms with Crippen LogP contribution >= 0.6 is 0 Å². The summed E-state index contributed by atoms with van der Waals surface area (Å²) in [7, 11) is 0. The van der Waals surface area contributed by atoms with E-state index in [1.165, 1.54) is 11.8 Å². The van der Waals surface area contributed by atoms with Gasteiger partial charge in [0, 0.05) is 26.0 Å². The smallest absolute Gasteiger partial charge is 0.326 e. The number of carbonyl (C=O) groups excluding carboxylic acids is 1. The van der Waals surface area contributed by atoms with Gasteiger partial charge in [-0.3, -0.25) is 9.48 Å². The summed E-state index contributed by atoms with van der Waals surface area (Å²) in [4.78, 5) is 25.8. The zero-order valence-electron chi connectivity index (χ0n) is 14.7. The number of aromatic nitrogens is 2. The summed E-state index contributed by atoms with van der Waals surface area (Å²) in [5, 5.41) is 13.8. The molecule has 1 fully saturated rings. The molecule has 1 N–H and O–H groups in total. The Bertz CT molecular complexity index is 753. The van der Waals surface area contributed by atoms with Gasteiger partial charge >= 0.3 is 5.97 Å². The summed E-state index contributed by atoms with van der Waals surface area (Å²) in [5.74, 6) is -1.42. The molecular formula is C19H23N3O4. The van der Waals surface area contributed by atoms with Crippen LogP contribution in [-0.2, 0) is 16.1 Å². The number of ether oxygens (including phenoxy) is 1. The fourth-order valence-corrected chi connectivity index (χ4v) is 3.05. The number of nitrogens with zero attached hydrogens (tertiary/aromatic N) is 3. The number of hydrogen-bond donors (Lipinski definition) is 1. The topological polar surface area (TPSA) is 84.7 Å². The van der Waals surface area contributed by atoms with E-state index >= 15 is 0 Å². The molecule has 2 aromatic rings. The van der Waals surface area contributed by atoms with E-state index in [1.807, 2.05) is 30.3 Å². The quantitative estimate of drug-likeness (QED) is 0.858. The minimum absolute atomic E-state index is 0.213. The largest absolute Gasteiger partial charge is 0.480 e. The lowest BCUT2D eigenvalue weighted by Gasteiger charge is -2.26. The van der Waals surface area contributed by atoms with E-state index in [2.05, 4.69) is 5.10 Å². The van der Waals surface area contributed by atoms with E-state index in [0.29, 0.717) is 13.2 Å². The van der Waals surface area contributed by atoms with Crippen LogP contribution in [-0.4, -0.2) is 50.9 Å². The van der Waals surface area contributed by atoms with Crippen molar-refractivity contribution in [3.63, 3.8) is 0 Å². The number of carboxylic acid groups (broad SMARTS) is 1. The molecule has 1 amide bonds. The predicted octanol–water partition coefficient (Wildman–Crippen LogP) is 2.35. The second-order valence-corrected chi connectivity index (χ2v) is 6.46. The van der Waals surface area contributed by atoms with Gasteiger partial charge in [-0.05, 0) is 31.4 Å². The van der Waals surface area contributed by atoms with Gasteiger partial charge in [0.25, 0.3) is 5.91 Å². The lowest BCUT2D eigenvalue weighted by atomic mass is 10.1. The number of carbonyl (C=O) groups is 2. The number of rotatable bonds is 6. The molecule has 0 radical (unpaired) electrons. The van der Waals surface area contributed by atoms with Gasteiger partial charge in [-0.25, -0.2) is 4.79 Å². The van der Waals surface area contributed by atoms with E-state index in [9.17, 15) is 14.7 Å². The van der Waals surface area contributed by atoms with E-state index in [-0.39, 0.29) is 24.2 Å². The monoisotopic (exact) mass is 357 g/mol. The average Bonchev–Trinajstić information content (AvgIpc) is 3.17. The Morgan fingerprint density at radius 1 is 1.27 bits per heavy atom. The van der Waals surface area contributed by atoms with Crippen molar-refractivity contribution in [2.75, 3.05) is 13.2 Å². The fourth-order valence-electron chi connectivity index (χ4n) is 3.05. The second-order valence-electron chi connectivity index (χ2n) is 6.46. The molecule has 3 rings (SSSR count). The highest BCUT2D eigenvalue weighted by atomic mass is 16.5. The summed E-state index contributed by atoms with van der Waals surface area (Å²) < 4.78 is 7.15. The fraction of sp³-hybridized carbons (Fsp3) is 0.421. The summed E-state index contributed by atoms with van der Waals surface area (Å²) in [6.07, 6.45) is 3.50. The van der Waals surface area contributed by atoms with Crippen molar-refractivity contribution in [2.45, 2.75) is 38.4 Å². The van der Waals surface area contributed by atoms with Crippen molar-refractivity contribution < 1.29 is 19.4 Å². The SMILES string of the molecule is CC(C(=O)O)N(Cc1ccccc1)C(=O)c1ccn(C2CCOCC2)n1. The molecule has 1 unspecified atom stereocenters. The van der Waals surface area contributed by atoms with Gasteiger partial charge in [-0.1, -0.05) is 30.3 Å². The highest BCUT2D eigenvalue weighted by molar-refractivity contribution is 5.94. The molecule has 0 saturated carbocycles. The van der Waals surface area contributed by atoms with Crippen molar-refractivity contribution in [3.8, 4) is 0 Å². The molecule has 7 nitrogen and oxygen atoms in total. The van der Waals surface area contributed by atoms with E-state index < -0.39 is 12.0 Å². The number of aliphatic carboxylic acids is 1. The normalized spacial score (nSPS) is 16.2. The van der Waals surface area contributed by atoms with Crippen LogP contribution in [0.5, 0.6) is 0 Å². The van der Waals surface area contributed by atoms with E-state index in [4.69, 9.17) is 4.74 Å². The molecule has 1 aromatic heterocycles. The minimum atomic E-state index is -1.04. The molecular weight excluding hydrogens is 334 g/mol. The van der Waals surface area contributed by atoms with Gasteiger partial charge in [0.1, 0.15) is 11.7 Å². The maximum absolute atomic E-state index is 13.0. The van der Waals surface area contributed by atoms with Crippen LogP contribution in [0.2, 0.25) is 0 Å². The standard InChI is InChI=1S/C19H23N3O4/c1-14(19(24)25)21(13-15-5-3-2-4-6-15)18(23)17-7-10-22(20-17)16-8-11-26-12-9-16/h2-7,10,14,16H,8-9,11-13H2,1H3,(H,24,25). The average molecular weight is 357 g/mol. The van der Waals surface area contributed by atoms with Crippen LogP contribution in [0.15, 0.2) is 42.6 Å². The van der Waals surface area contributed by atoms with Gasteiger partial charge in [-0.2, -0.15) is 5.10 Å². The van der Waals surface area contributed by atoms with Crippen LogP contribution in [0.4, 0.5) is 0 Å². The van der Waals surface area contributed by atoms with Crippen LogP contribution < -0.4 is 0 Å². The van der Waals surface area contributed by atoms with Crippen molar-refractivity contribution in [2.24, 2.45) is 0 Å². The van der Waals surface area contributed by atoms with Gasteiger partial charge in [0.2, 0.25) is 0 Å². The molecule has 0 aliphatic carbocycles. The zero-order valence-corrected chi connectivity index (χ0v) is 14.7. The molecule has 0 spiro atoms. The Morgan fingerprint density at radius 3 is 2.62 bits per heavy atom. The summed E-state index contributed by atoms with van der Waals surface area (Å²) in [6, 6.07) is 10.3. The lowest BCUT2D eigenvalue weighted by Crippen LogP contribution is -2.43. The summed E-state index contributed by atoms with van der Waals surface area (Å²) in [5.41, 5.74) is 1.14. The molecule has 1 aliphatic rings. The van der Waals surface area contributed by atoms with Crippen molar-refractivity contribution in [1.29, 1.82) is 0 Å². The van der Waals surface area contributed by atoms with Gasteiger partial charge in [-0.15, -0.1) is 0 Å². The predicted molar refractivity (Wildman–Crippen MR) is 94.7 cm³/mol. The van der Waals surface area contributed by atoms with Crippen LogP contribution in [0.25, 0.3) is 0 Å². The van der Waals surface area contributed by atoms with Crippen LogP contribution in [0, 0.1) is 0 Å². The molecule has 1 aliphatic heterocycles. The van der Waals surface area contributed by atoms with Crippen LogP contribution in [0.3, 0.4) is 0 Å². The number of carboxylic acids is 1. The van der Waals surface area contributed by atoms with E-state index in [0.717, 1.165) is 18.4 Å². The Morgan fingerprint density at radius 2 is 1.96 bits per heavy atom. The Hall–Kier alpha value is -2.67. The Kier molecular flexibility index (Phi) is 5.68. The van der Waals surface area contributed by atoms with Crippen molar-refractivity contribution in [3.05, 3.63) is 53.9 Å². The van der Waals surface area contributed by atoms with Crippen LogP contribution in [0.1, 0.15) is 41.9 Å². The molecule has 26 heavy (non-hydrogen) atoms. The highest BCUT2D eigenvalue weighted by Gasteiger charge is 2.28. The molecule has 0 bridgehead atoms. The van der Waals surface area contributed by atoms with Gasteiger partial charge < -0.3 is 14.7 Å². The minimum Gasteiger partial charge on any atom is -0.480 e. The third kappa shape index (κ3) is 4.11. The maximum Gasteiger partial charge on any atom is 0.326 e. The van der Waals surface area contributed by atoms with Crippen molar-refractivity contribution in [1.82, 2.24) is 14.7 Å². The Labute approximate surface area is 152 Å². The first kappa shape index (κ1) is 18.1. The molecule has 1 saturated heterocycles. The molecule has 2 heterocycles. The first-order valence-corrected chi connectivity index (χ1v) is 8.77. The third-order valence-corrected chi connectivity index (χ3v) is 4.67. The summed E-state index contributed by atoms with van der Waals surface area (Å²) >= 11 is 0. The first-order valence-electron chi connectivity index (χ1n) is 8.77. The Balaban J connectivity index is 1.80. The van der Waals surface area contributed by atoms with Gasteiger partial charge in [0.05, 0.1) is 6.04 Å². The third-order valence-electron chi connectivity index (χ3n) is 4.67. The number of amides is 1. The van der Waals surface area contributed by atoms with E-state index in [1.54, 1.807) is 16.9 Å². The first-order chi connectivity index (χ1) is 12.6. The lowest BCUT2D eigenvalue weighted by molar-refractivity contribution is -0.141. The number of hydrogen-bond acceptors (Lipinski definition) is 4.